The van der Waals surface area contributed by atoms with Crippen molar-refractivity contribution in [2.75, 3.05) is 0 Å². The first-order valence-corrected chi connectivity index (χ1v) is 14.2. The van der Waals surface area contributed by atoms with Gasteiger partial charge in [0.05, 0.1) is 15.9 Å². The quantitative estimate of drug-likeness (QED) is 0.167. The highest BCUT2D eigenvalue weighted by Gasteiger charge is 2.64. The maximum absolute atomic E-state index is 6.78. The summed E-state index contributed by atoms with van der Waals surface area (Å²) in [6.07, 6.45) is 0. The smallest absolute Gasteiger partial charge is 0.294 e. The summed E-state index contributed by atoms with van der Waals surface area (Å²) in [4.78, 5) is 0. The second-order valence-corrected chi connectivity index (χ2v) is 15.9. The Morgan fingerprint density at radius 3 is 1.10 bits per heavy atom. The van der Waals surface area contributed by atoms with Crippen LogP contribution in [0.5, 0.6) is 0 Å². The third-order valence-electron chi connectivity index (χ3n) is 5.79. The van der Waals surface area contributed by atoms with Crippen molar-refractivity contribution in [1.82, 2.24) is 0 Å². The minimum atomic E-state index is -2.55. The Morgan fingerprint density at radius 2 is 0.867 bits per heavy atom. The molecular formula is C23H23BBrCl4P. The Balaban J connectivity index is 2.66. The number of hydrogen-bond acceptors (Lipinski definition) is 0. The Labute approximate surface area is 208 Å². The summed E-state index contributed by atoms with van der Waals surface area (Å²) in [5.74, 6) is 0. The van der Waals surface area contributed by atoms with Crippen LogP contribution in [0, 0.1) is 20.8 Å². The van der Waals surface area contributed by atoms with Crippen LogP contribution in [0.1, 0.15) is 16.7 Å². The van der Waals surface area contributed by atoms with Gasteiger partial charge in [-0.05, 0) is 62.8 Å². The first-order valence-electron chi connectivity index (χ1n) is 9.67. The molecule has 30 heavy (non-hydrogen) atoms. The van der Waals surface area contributed by atoms with Gasteiger partial charge in [0.1, 0.15) is 0 Å². The van der Waals surface area contributed by atoms with E-state index in [9.17, 15) is 0 Å². The molecule has 158 valence electrons. The average Bonchev–Trinajstić information content (AvgIpc) is 2.71. The summed E-state index contributed by atoms with van der Waals surface area (Å²) >= 11 is 31.1. The summed E-state index contributed by atoms with van der Waals surface area (Å²) in [7, 11) is -2.55. The number of benzene rings is 3. The zero-order chi connectivity index (χ0) is 22.1. The number of rotatable bonds is 6. The van der Waals surface area contributed by atoms with Crippen LogP contribution in [0.15, 0.2) is 72.8 Å². The molecule has 0 atom stereocenters. The zero-order valence-electron chi connectivity index (χ0n) is 17.0. The maximum atomic E-state index is 6.78. The van der Waals surface area contributed by atoms with Gasteiger partial charge < -0.3 is 0 Å². The fourth-order valence-corrected chi connectivity index (χ4v) is 14.8. The van der Waals surface area contributed by atoms with Crippen LogP contribution in [0.3, 0.4) is 0 Å². The monoisotopic (exact) mass is 560 g/mol. The summed E-state index contributed by atoms with van der Waals surface area (Å²) in [6.45, 7) is 6.37. The Hall–Kier alpha value is -0.205. The Bertz CT molecular complexity index is 922. The molecule has 0 aliphatic carbocycles. The van der Waals surface area contributed by atoms with Gasteiger partial charge in [-0.25, -0.2) is 0 Å². The third kappa shape index (κ3) is 3.87. The topological polar surface area (TPSA) is 0 Å². The van der Waals surface area contributed by atoms with Crippen LogP contribution in [-0.4, -0.2) is 14.2 Å². The molecule has 0 aliphatic heterocycles. The van der Waals surface area contributed by atoms with Crippen molar-refractivity contribution >= 4 is 89.9 Å². The predicted molar refractivity (Wildman–Crippen MR) is 145 cm³/mol. The molecule has 7 heteroatoms. The van der Waals surface area contributed by atoms with E-state index in [4.69, 9.17) is 46.4 Å². The standard InChI is InChI=1S/C23H23BBrCl4P/c1-16-10-4-7-13-19(16)30(20-14-8-5-11-17(20)2,21-15-9-6-12-18(21)3)24(25,22(26)27)23(28)29/h4-15,22-23H,1-3H3. The molecule has 0 radical (unpaired) electrons. The van der Waals surface area contributed by atoms with Gasteiger partial charge in [-0.2, -0.15) is 0 Å². The fraction of sp³-hybridized carbons (Fsp3) is 0.217. The highest BCUT2D eigenvalue weighted by molar-refractivity contribution is 9.30. The van der Waals surface area contributed by atoms with E-state index in [1.165, 1.54) is 15.9 Å². The first kappa shape index (κ1) is 24.4. The first-order chi connectivity index (χ1) is 14.2. The largest absolute Gasteiger partial charge is 0.303 e. The van der Waals surface area contributed by atoms with Crippen molar-refractivity contribution in [3.8, 4) is 0 Å². The lowest BCUT2D eigenvalue weighted by Gasteiger charge is -2.50. The van der Waals surface area contributed by atoms with Crippen LogP contribution in [0.4, 0.5) is 0 Å². The lowest BCUT2D eigenvalue weighted by molar-refractivity contribution is 1.48. The maximum Gasteiger partial charge on any atom is 0.303 e. The molecule has 0 N–H and O–H groups in total. The van der Waals surface area contributed by atoms with Crippen LogP contribution < -0.4 is 15.9 Å². The van der Waals surface area contributed by atoms with E-state index >= 15 is 0 Å². The van der Waals surface area contributed by atoms with E-state index in [1.54, 1.807) is 0 Å². The van der Waals surface area contributed by atoms with E-state index in [1.807, 2.05) is 18.2 Å². The fourth-order valence-electron chi connectivity index (χ4n) is 4.35. The second kappa shape index (κ2) is 9.74. The number of halogens is 5. The minimum absolute atomic E-state index is 0.808. The molecule has 0 fully saturated rings. The van der Waals surface area contributed by atoms with Gasteiger partial charge in [-0.3, -0.25) is 15.8 Å². The van der Waals surface area contributed by atoms with E-state index in [0.29, 0.717) is 0 Å². The molecule has 0 bridgehead atoms. The van der Waals surface area contributed by atoms with Gasteiger partial charge in [-0.15, -0.1) is 46.4 Å². The Kier molecular flexibility index (Phi) is 7.93. The highest BCUT2D eigenvalue weighted by atomic mass is 79.9. The van der Waals surface area contributed by atoms with Crippen molar-refractivity contribution in [3.05, 3.63) is 89.5 Å². The second-order valence-electron chi connectivity index (χ2n) is 7.59. The van der Waals surface area contributed by atoms with E-state index in [2.05, 4.69) is 91.1 Å². The zero-order valence-corrected chi connectivity index (χ0v) is 22.5. The van der Waals surface area contributed by atoms with Gasteiger partial charge in [0.25, 0.3) is 0 Å². The molecule has 0 aliphatic rings. The Morgan fingerprint density at radius 1 is 0.600 bits per heavy atom. The molecular weight excluding hydrogens is 540 g/mol. The van der Waals surface area contributed by atoms with Gasteiger partial charge in [-0.1, -0.05) is 54.6 Å². The SMILES string of the molecule is Cc1ccccc1[P+](c1ccccc1C)(c1ccccc1C)[B-](Br)(C(Cl)Cl)C(Cl)Cl. The number of aryl methyl sites for hydroxylation is 3. The summed E-state index contributed by atoms with van der Waals surface area (Å²) in [6, 6.07) is 25.2. The summed E-state index contributed by atoms with van der Waals surface area (Å²) in [5.41, 5.74) is 3.48. The molecule has 0 aromatic heterocycles. The van der Waals surface area contributed by atoms with Crippen LogP contribution in [0.25, 0.3) is 0 Å². The normalized spacial score (nSPS) is 12.6. The molecule has 0 saturated carbocycles. The van der Waals surface area contributed by atoms with Gasteiger partial charge in [0.15, 0.2) is 0 Å². The molecule has 0 spiro atoms. The van der Waals surface area contributed by atoms with Gasteiger partial charge in [0.2, 0.25) is 0 Å². The van der Waals surface area contributed by atoms with Crippen molar-refractivity contribution in [2.24, 2.45) is 0 Å². The number of hydrogen-bond donors (Lipinski definition) is 0. The molecule has 3 aromatic rings. The molecule has 3 rings (SSSR count). The van der Waals surface area contributed by atoms with Crippen LogP contribution in [-0.2, 0) is 0 Å². The van der Waals surface area contributed by atoms with Crippen molar-refractivity contribution in [2.45, 2.75) is 30.2 Å². The predicted octanol–water partition coefficient (Wildman–Crippen LogP) is 7.43. The van der Waals surface area contributed by atoms with E-state index in [0.717, 1.165) is 16.7 Å². The van der Waals surface area contributed by atoms with Crippen molar-refractivity contribution < 1.29 is 0 Å². The van der Waals surface area contributed by atoms with E-state index in [-0.39, 0.29) is 0 Å². The summed E-state index contributed by atoms with van der Waals surface area (Å²) in [5, 5.41) is 3.55. The van der Waals surface area contributed by atoms with E-state index < -0.39 is 21.3 Å². The van der Waals surface area contributed by atoms with Crippen molar-refractivity contribution in [3.63, 3.8) is 0 Å². The minimum Gasteiger partial charge on any atom is -0.294 e. The molecule has 0 nitrogen and oxygen atoms in total. The van der Waals surface area contributed by atoms with Crippen LogP contribution in [0.2, 0.25) is 0 Å². The molecule has 0 heterocycles. The lowest BCUT2D eigenvalue weighted by Crippen LogP contribution is -2.57. The van der Waals surface area contributed by atoms with Crippen LogP contribution >= 0.6 is 69.3 Å². The van der Waals surface area contributed by atoms with Crippen molar-refractivity contribution in [1.29, 1.82) is 0 Å². The molecule has 0 saturated heterocycles. The highest BCUT2D eigenvalue weighted by Crippen LogP contribution is 2.71. The lowest BCUT2D eigenvalue weighted by atomic mass is 9.81. The number of alkyl halides is 4. The van der Waals surface area contributed by atoms with Gasteiger partial charge in [0, 0.05) is 9.47 Å². The molecule has 3 aromatic carbocycles. The van der Waals surface area contributed by atoms with Gasteiger partial charge >= 0.3 is 4.69 Å². The third-order valence-corrected chi connectivity index (χ3v) is 17.8. The average molecular weight is 563 g/mol. The summed E-state index contributed by atoms with van der Waals surface area (Å²) < 4.78 is -3.53. The molecule has 0 unspecified atom stereocenters. The molecule has 0 amide bonds.